The molecule has 2 heterocycles. The Labute approximate surface area is 157 Å². The van der Waals surface area contributed by atoms with Crippen LogP contribution in [0.25, 0.3) is 21.7 Å². The molecule has 1 atom stereocenters. The van der Waals surface area contributed by atoms with Crippen LogP contribution in [0, 0.1) is 11.3 Å². The third-order valence-electron chi connectivity index (χ3n) is 5.96. The molecule has 1 aromatic heterocycles. The molecule has 5 heteroatoms. The van der Waals surface area contributed by atoms with Gasteiger partial charge in [-0.2, -0.15) is 0 Å². The number of rotatable bonds is 3. The van der Waals surface area contributed by atoms with Crippen LogP contribution in [0.1, 0.15) is 30.6 Å². The maximum absolute atomic E-state index is 13.3. The second kappa shape index (κ2) is 6.34. The highest BCUT2D eigenvalue weighted by Crippen LogP contribution is 2.39. The fraction of sp³-hybridized carbons (Fsp3) is 0.318. The third-order valence-corrected chi connectivity index (χ3v) is 5.96. The van der Waals surface area contributed by atoms with Gasteiger partial charge in [-0.15, -0.1) is 0 Å². The van der Waals surface area contributed by atoms with Gasteiger partial charge in [-0.3, -0.25) is 14.6 Å². The van der Waals surface area contributed by atoms with Crippen LogP contribution in [0.4, 0.5) is 0 Å². The third kappa shape index (κ3) is 2.65. The summed E-state index contributed by atoms with van der Waals surface area (Å²) in [6.45, 7) is 4.51. The number of amides is 1. The number of nitrogens with zero attached hydrogens (tertiary/aromatic N) is 2. The van der Waals surface area contributed by atoms with Crippen molar-refractivity contribution in [3.8, 4) is 0 Å². The van der Waals surface area contributed by atoms with Crippen LogP contribution in [0.5, 0.6) is 0 Å². The summed E-state index contributed by atoms with van der Waals surface area (Å²) in [5, 5.41) is 12.7. The van der Waals surface area contributed by atoms with E-state index < -0.39 is 11.4 Å². The summed E-state index contributed by atoms with van der Waals surface area (Å²) in [5.41, 5.74) is 0.322. The molecule has 1 amide bonds. The molecule has 1 aliphatic heterocycles. The van der Waals surface area contributed by atoms with Gasteiger partial charge in [0.25, 0.3) is 5.91 Å². The van der Waals surface area contributed by atoms with Crippen LogP contribution in [-0.2, 0) is 4.79 Å². The van der Waals surface area contributed by atoms with Crippen molar-refractivity contribution in [3.05, 3.63) is 54.2 Å². The van der Waals surface area contributed by atoms with Crippen molar-refractivity contribution in [3.63, 3.8) is 0 Å². The van der Waals surface area contributed by atoms with Gasteiger partial charge in [-0.25, -0.2) is 0 Å². The average molecular weight is 362 g/mol. The lowest BCUT2D eigenvalue weighted by molar-refractivity contribution is -0.150. The summed E-state index contributed by atoms with van der Waals surface area (Å²) in [7, 11) is 0. The number of carbonyl (C=O) groups excluding carboxylic acids is 1. The van der Waals surface area contributed by atoms with Crippen LogP contribution < -0.4 is 0 Å². The lowest BCUT2D eigenvalue weighted by atomic mass is 9.76. The molecule has 1 unspecified atom stereocenters. The number of hydrogen-bond donors (Lipinski definition) is 1. The van der Waals surface area contributed by atoms with Crippen molar-refractivity contribution >= 4 is 33.6 Å². The van der Waals surface area contributed by atoms with E-state index in [2.05, 4.69) is 4.98 Å². The molecule has 1 N–H and O–H groups in total. The molecule has 1 fully saturated rings. The molecular formula is C22H22N2O3. The monoisotopic (exact) mass is 362 g/mol. The number of fused-ring (bicyclic) bond motifs is 3. The van der Waals surface area contributed by atoms with E-state index in [1.807, 2.05) is 56.3 Å². The number of aromatic nitrogens is 1. The quantitative estimate of drug-likeness (QED) is 0.716. The second-order valence-corrected chi connectivity index (χ2v) is 7.64. The molecule has 0 aliphatic carbocycles. The molecule has 0 spiro atoms. The van der Waals surface area contributed by atoms with Crippen LogP contribution in [0.3, 0.4) is 0 Å². The zero-order valence-electron chi connectivity index (χ0n) is 15.5. The first kappa shape index (κ1) is 17.5. The Morgan fingerprint density at radius 1 is 1.15 bits per heavy atom. The Morgan fingerprint density at radius 3 is 2.59 bits per heavy atom. The van der Waals surface area contributed by atoms with Gasteiger partial charge < -0.3 is 10.0 Å². The normalized spacial score (nSPS) is 19.9. The highest BCUT2D eigenvalue weighted by atomic mass is 16.4. The van der Waals surface area contributed by atoms with Gasteiger partial charge in [0.15, 0.2) is 0 Å². The van der Waals surface area contributed by atoms with E-state index in [-0.39, 0.29) is 18.4 Å². The van der Waals surface area contributed by atoms with Gasteiger partial charge in [0.1, 0.15) is 0 Å². The maximum Gasteiger partial charge on any atom is 0.311 e. The van der Waals surface area contributed by atoms with Crippen molar-refractivity contribution in [2.45, 2.75) is 20.3 Å². The molecule has 0 radical (unpaired) electrons. The van der Waals surface area contributed by atoms with Crippen molar-refractivity contribution in [1.82, 2.24) is 9.88 Å². The van der Waals surface area contributed by atoms with E-state index in [1.165, 1.54) is 0 Å². The Hall–Kier alpha value is -2.95. The molecule has 1 saturated heterocycles. The number of carbonyl (C=O) groups is 2. The molecule has 2 aromatic carbocycles. The van der Waals surface area contributed by atoms with Gasteiger partial charge in [-0.05, 0) is 35.2 Å². The molecule has 3 aromatic rings. The summed E-state index contributed by atoms with van der Waals surface area (Å²) in [4.78, 5) is 31.4. The largest absolute Gasteiger partial charge is 0.481 e. The van der Waals surface area contributed by atoms with E-state index in [9.17, 15) is 14.7 Å². The summed E-state index contributed by atoms with van der Waals surface area (Å²) in [5.74, 6) is -1.01. The molecule has 5 nitrogen and oxygen atoms in total. The van der Waals surface area contributed by atoms with Crippen LogP contribution >= 0.6 is 0 Å². The second-order valence-electron chi connectivity index (χ2n) is 7.64. The minimum absolute atomic E-state index is 0.0423. The predicted molar refractivity (Wildman–Crippen MR) is 105 cm³/mol. The van der Waals surface area contributed by atoms with Crippen molar-refractivity contribution in [1.29, 1.82) is 0 Å². The minimum Gasteiger partial charge on any atom is -0.481 e. The van der Waals surface area contributed by atoms with Crippen LogP contribution in [0.15, 0.2) is 48.7 Å². The maximum atomic E-state index is 13.3. The number of pyridine rings is 1. The number of carboxylic acids is 1. The van der Waals surface area contributed by atoms with Gasteiger partial charge in [0.2, 0.25) is 0 Å². The zero-order valence-corrected chi connectivity index (χ0v) is 15.5. The van der Waals surface area contributed by atoms with E-state index in [0.29, 0.717) is 24.0 Å². The Kier molecular flexibility index (Phi) is 4.10. The lowest BCUT2D eigenvalue weighted by Gasteiger charge is -2.28. The number of aliphatic carboxylic acids is 1. The van der Waals surface area contributed by atoms with Crippen molar-refractivity contribution < 1.29 is 14.7 Å². The minimum atomic E-state index is -0.879. The Balaban J connectivity index is 1.80. The first-order chi connectivity index (χ1) is 12.9. The number of benzene rings is 2. The topological polar surface area (TPSA) is 70.5 Å². The standard InChI is InChI=1S/C22H22N2O3/c1-14(2)22(21(26)27)9-11-24(13-22)20(25)18-12-15-6-3-4-7-16(15)17-8-5-10-23-19(17)18/h3-8,10,12,14H,9,11,13H2,1-2H3,(H,26,27). The molecule has 1 aliphatic rings. The SMILES string of the molecule is CC(C)C1(C(=O)O)CCN(C(=O)c2cc3ccccc3c3cccnc23)C1. The van der Waals surface area contributed by atoms with Crippen molar-refractivity contribution in [2.75, 3.05) is 13.1 Å². The van der Waals surface area contributed by atoms with Crippen LogP contribution in [-0.4, -0.2) is 40.0 Å². The summed E-state index contributed by atoms with van der Waals surface area (Å²) in [6.07, 6.45) is 2.16. The van der Waals surface area contributed by atoms with Gasteiger partial charge >= 0.3 is 5.97 Å². The summed E-state index contributed by atoms with van der Waals surface area (Å²) >= 11 is 0. The van der Waals surface area contributed by atoms with Gasteiger partial charge in [0, 0.05) is 24.7 Å². The zero-order chi connectivity index (χ0) is 19.2. The van der Waals surface area contributed by atoms with Crippen molar-refractivity contribution in [2.24, 2.45) is 11.3 Å². The smallest absolute Gasteiger partial charge is 0.311 e. The molecule has 0 saturated carbocycles. The Morgan fingerprint density at radius 2 is 1.89 bits per heavy atom. The van der Waals surface area contributed by atoms with E-state index >= 15 is 0 Å². The Bertz CT molecular complexity index is 1060. The highest BCUT2D eigenvalue weighted by molar-refractivity contribution is 6.15. The average Bonchev–Trinajstić information content (AvgIpc) is 3.14. The lowest BCUT2D eigenvalue weighted by Crippen LogP contribution is -2.40. The number of likely N-dealkylation sites (tertiary alicyclic amines) is 1. The number of carboxylic acid groups (broad SMARTS) is 1. The summed E-state index contributed by atoms with van der Waals surface area (Å²) < 4.78 is 0. The molecule has 0 bridgehead atoms. The first-order valence-electron chi connectivity index (χ1n) is 9.23. The molecular weight excluding hydrogens is 340 g/mol. The first-order valence-corrected chi connectivity index (χ1v) is 9.23. The summed E-state index contributed by atoms with van der Waals surface area (Å²) in [6, 6.07) is 13.6. The fourth-order valence-corrected chi connectivity index (χ4v) is 4.16. The van der Waals surface area contributed by atoms with Gasteiger partial charge in [0.05, 0.1) is 16.5 Å². The van der Waals surface area contributed by atoms with Crippen LogP contribution in [0.2, 0.25) is 0 Å². The molecule has 27 heavy (non-hydrogen) atoms. The molecule has 4 rings (SSSR count). The predicted octanol–water partition coefficient (Wildman–Crippen LogP) is 3.96. The van der Waals surface area contributed by atoms with E-state index in [0.717, 1.165) is 16.2 Å². The fourth-order valence-electron chi connectivity index (χ4n) is 4.16. The highest BCUT2D eigenvalue weighted by Gasteiger charge is 2.48. The van der Waals surface area contributed by atoms with Gasteiger partial charge in [-0.1, -0.05) is 44.2 Å². The van der Waals surface area contributed by atoms with E-state index in [4.69, 9.17) is 0 Å². The number of hydrogen-bond acceptors (Lipinski definition) is 3. The van der Waals surface area contributed by atoms with E-state index in [1.54, 1.807) is 11.1 Å². The molecule has 138 valence electrons.